The molecule has 0 aliphatic carbocycles. The van der Waals surface area contributed by atoms with Gasteiger partial charge in [-0.25, -0.2) is 0 Å². The molecule has 0 rings (SSSR count). The van der Waals surface area contributed by atoms with Crippen LogP contribution in [0.1, 0.15) is 175 Å². The molecule has 0 aliphatic heterocycles. The molecule has 1 unspecified atom stereocenters. The second-order valence-corrected chi connectivity index (χ2v) is 13.2. The Labute approximate surface area is 308 Å². The zero-order valence-corrected chi connectivity index (χ0v) is 32.6. The summed E-state index contributed by atoms with van der Waals surface area (Å²) in [6.07, 6.45) is 50.6. The number of esters is 2. The SMILES string of the molecule is CC/C=C\C/C=C\C/C=C\C/C=C\CCC(=O)OC(COCCCCCCCC)COC(=O)CCCCCCC/C=C\C/C=C\CCCCC. The summed E-state index contributed by atoms with van der Waals surface area (Å²) < 4.78 is 17.1. The lowest BCUT2D eigenvalue weighted by molar-refractivity contribution is -0.162. The van der Waals surface area contributed by atoms with E-state index in [4.69, 9.17) is 14.2 Å². The third kappa shape index (κ3) is 38.1. The molecule has 5 heteroatoms. The molecule has 0 radical (unpaired) electrons. The van der Waals surface area contributed by atoms with Crippen LogP contribution in [0.2, 0.25) is 0 Å². The van der Waals surface area contributed by atoms with Crippen LogP contribution in [0.4, 0.5) is 0 Å². The molecular formula is C45H76O5. The van der Waals surface area contributed by atoms with Crippen molar-refractivity contribution in [1.82, 2.24) is 0 Å². The summed E-state index contributed by atoms with van der Waals surface area (Å²) >= 11 is 0. The van der Waals surface area contributed by atoms with Crippen LogP contribution < -0.4 is 0 Å². The van der Waals surface area contributed by atoms with Crippen molar-refractivity contribution in [3.8, 4) is 0 Å². The van der Waals surface area contributed by atoms with Gasteiger partial charge in [-0.1, -0.05) is 158 Å². The van der Waals surface area contributed by atoms with E-state index in [9.17, 15) is 9.59 Å². The van der Waals surface area contributed by atoms with Crippen molar-refractivity contribution in [2.75, 3.05) is 19.8 Å². The Morgan fingerprint density at radius 2 is 0.940 bits per heavy atom. The van der Waals surface area contributed by atoms with Crippen LogP contribution >= 0.6 is 0 Å². The van der Waals surface area contributed by atoms with Gasteiger partial charge in [0.2, 0.25) is 0 Å². The molecule has 0 saturated carbocycles. The van der Waals surface area contributed by atoms with Gasteiger partial charge >= 0.3 is 11.9 Å². The summed E-state index contributed by atoms with van der Waals surface area (Å²) in [4.78, 5) is 25.0. The summed E-state index contributed by atoms with van der Waals surface area (Å²) in [6.45, 7) is 7.53. The molecule has 0 spiro atoms. The summed E-state index contributed by atoms with van der Waals surface area (Å²) in [5.41, 5.74) is 0. The van der Waals surface area contributed by atoms with Gasteiger partial charge in [-0.15, -0.1) is 0 Å². The van der Waals surface area contributed by atoms with E-state index in [2.05, 4.69) is 87.6 Å². The van der Waals surface area contributed by atoms with Gasteiger partial charge in [0.1, 0.15) is 6.61 Å². The lowest BCUT2D eigenvalue weighted by Crippen LogP contribution is -2.30. The van der Waals surface area contributed by atoms with Crippen LogP contribution in [0, 0.1) is 0 Å². The van der Waals surface area contributed by atoms with Gasteiger partial charge in [-0.05, 0) is 77.0 Å². The first-order valence-corrected chi connectivity index (χ1v) is 20.5. The van der Waals surface area contributed by atoms with Gasteiger partial charge in [0.25, 0.3) is 0 Å². The summed E-state index contributed by atoms with van der Waals surface area (Å²) in [6, 6.07) is 0. The number of hydrogen-bond acceptors (Lipinski definition) is 5. The minimum atomic E-state index is -0.575. The fraction of sp³-hybridized carbons (Fsp3) is 0.689. The van der Waals surface area contributed by atoms with Crippen molar-refractivity contribution in [2.45, 2.75) is 181 Å². The summed E-state index contributed by atoms with van der Waals surface area (Å²) in [5, 5.41) is 0. The zero-order valence-electron chi connectivity index (χ0n) is 32.6. The number of hydrogen-bond donors (Lipinski definition) is 0. The van der Waals surface area contributed by atoms with Crippen LogP contribution in [0.5, 0.6) is 0 Å². The lowest BCUT2D eigenvalue weighted by Gasteiger charge is -2.18. The molecule has 0 aromatic rings. The molecule has 0 bridgehead atoms. The largest absolute Gasteiger partial charge is 0.462 e. The smallest absolute Gasteiger partial charge is 0.306 e. The minimum absolute atomic E-state index is 0.0469. The van der Waals surface area contributed by atoms with Gasteiger partial charge in [0.05, 0.1) is 6.61 Å². The van der Waals surface area contributed by atoms with Crippen LogP contribution in [0.3, 0.4) is 0 Å². The highest BCUT2D eigenvalue weighted by atomic mass is 16.6. The number of allylic oxidation sites excluding steroid dienone is 12. The molecule has 0 heterocycles. The minimum Gasteiger partial charge on any atom is -0.462 e. The average molecular weight is 697 g/mol. The Hall–Kier alpha value is -2.66. The first-order valence-electron chi connectivity index (χ1n) is 20.5. The topological polar surface area (TPSA) is 61.8 Å². The molecular weight excluding hydrogens is 620 g/mol. The molecule has 0 aromatic heterocycles. The molecule has 50 heavy (non-hydrogen) atoms. The molecule has 0 aromatic carbocycles. The fourth-order valence-corrected chi connectivity index (χ4v) is 5.20. The number of ether oxygens (including phenoxy) is 3. The van der Waals surface area contributed by atoms with Gasteiger partial charge in [-0.3, -0.25) is 9.59 Å². The maximum atomic E-state index is 12.6. The maximum Gasteiger partial charge on any atom is 0.306 e. The van der Waals surface area contributed by atoms with Gasteiger partial charge < -0.3 is 14.2 Å². The highest BCUT2D eigenvalue weighted by Gasteiger charge is 2.17. The second-order valence-electron chi connectivity index (χ2n) is 13.2. The van der Waals surface area contributed by atoms with Crippen LogP contribution in [0.15, 0.2) is 72.9 Å². The van der Waals surface area contributed by atoms with Crippen molar-refractivity contribution in [2.24, 2.45) is 0 Å². The molecule has 5 nitrogen and oxygen atoms in total. The predicted octanol–water partition coefficient (Wildman–Crippen LogP) is 13.2. The predicted molar refractivity (Wildman–Crippen MR) is 214 cm³/mol. The van der Waals surface area contributed by atoms with E-state index in [1.165, 1.54) is 64.2 Å². The van der Waals surface area contributed by atoms with E-state index in [-0.39, 0.29) is 25.2 Å². The Kier molecular flexibility index (Phi) is 38.6. The molecule has 0 saturated heterocycles. The standard InChI is InChI=1S/C45H76O5/c1-4-7-10-13-16-18-20-22-23-25-26-28-30-32-35-38-44(46)49-42-43(41-48-40-37-34-15-12-9-6-3)50-45(47)39-36-33-31-29-27-24-21-19-17-14-11-8-5-2/h8,11,16-19,22-24,27,31,33,43H,4-7,9-10,12-15,20-21,25-26,28-30,32,34-42H2,1-3H3/b11-8-,18-16-,19-17-,23-22-,27-24-,33-31-. The molecule has 1 atom stereocenters. The highest BCUT2D eigenvalue weighted by Crippen LogP contribution is 2.10. The van der Waals surface area contributed by atoms with E-state index in [0.717, 1.165) is 70.6 Å². The van der Waals surface area contributed by atoms with Crippen molar-refractivity contribution in [3.05, 3.63) is 72.9 Å². The first-order chi connectivity index (χ1) is 24.6. The van der Waals surface area contributed by atoms with Crippen LogP contribution in [-0.4, -0.2) is 37.9 Å². The van der Waals surface area contributed by atoms with E-state index >= 15 is 0 Å². The normalized spacial score (nSPS) is 12.9. The Balaban J connectivity index is 4.29. The van der Waals surface area contributed by atoms with Crippen molar-refractivity contribution in [1.29, 1.82) is 0 Å². The average Bonchev–Trinajstić information content (AvgIpc) is 3.11. The number of rotatable bonds is 36. The number of carbonyl (C=O) groups excluding carboxylic acids is 2. The zero-order chi connectivity index (χ0) is 36.4. The number of carbonyl (C=O) groups is 2. The third-order valence-electron chi connectivity index (χ3n) is 8.24. The lowest BCUT2D eigenvalue weighted by atomic mass is 10.1. The first kappa shape index (κ1) is 47.3. The van der Waals surface area contributed by atoms with Crippen molar-refractivity contribution >= 4 is 11.9 Å². The van der Waals surface area contributed by atoms with Gasteiger partial charge in [0, 0.05) is 19.4 Å². The molecule has 0 aliphatic rings. The van der Waals surface area contributed by atoms with E-state index in [0.29, 0.717) is 25.9 Å². The molecule has 286 valence electrons. The van der Waals surface area contributed by atoms with E-state index in [1.807, 2.05) is 6.08 Å². The Morgan fingerprint density at radius 3 is 1.56 bits per heavy atom. The third-order valence-corrected chi connectivity index (χ3v) is 8.24. The van der Waals surface area contributed by atoms with Crippen molar-refractivity contribution in [3.63, 3.8) is 0 Å². The van der Waals surface area contributed by atoms with Gasteiger partial charge in [-0.2, -0.15) is 0 Å². The van der Waals surface area contributed by atoms with Crippen LogP contribution in [-0.2, 0) is 23.8 Å². The monoisotopic (exact) mass is 697 g/mol. The maximum absolute atomic E-state index is 12.6. The molecule has 0 N–H and O–H groups in total. The Bertz CT molecular complexity index is 926. The van der Waals surface area contributed by atoms with E-state index < -0.39 is 6.10 Å². The Morgan fingerprint density at radius 1 is 0.460 bits per heavy atom. The summed E-state index contributed by atoms with van der Waals surface area (Å²) in [5.74, 6) is -0.516. The van der Waals surface area contributed by atoms with Gasteiger partial charge in [0.15, 0.2) is 6.10 Å². The molecule has 0 fully saturated rings. The molecule has 0 amide bonds. The quantitative estimate of drug-likeness (QED) is 0.0371. The number of unbranched alkanes of at least 4 members (excludes halogenated alkanes) is 13. The van der Waals surface area contributed by atoms with Crippen LogP contribution in [0.25, 0.3) is 0 Å². The fourth-order valence-electron chi connectivity index (χ4n) is 5.20. The second kappa shape index (κ2) is 40.8. The van der Waals surface area contributed by atoms with Crippen molar-refractivity contribution < 1.29 is 23.8 Å². The highest BCUT2D eigenvalue weighted by molar-refractivity contribution is 5.70. The summed E-state index contributed by atoms with van der Waals surface area (Å²) in [7, 11) is 0. The van der Waals surface area contributed by atoms with E-state index in [1.54, 1.807) is 0 Å².